The third-order valence-electron chi connectivity index (χ3n) is 4.83. The fraction of sp³-hybridized carbons (Fsp3) is 0.368. The summed E-state index contributed by atoms with van der Waals surface area (Å²) in [7, 11) is 0. The topological polar surface area (TPSA) is 89.4 Å². The molecule has 1 atom stereocenters. The molecular weight excluding hydrogens is 328 g/mol. The number of fused-ring (bicyclic) bond motifs is 1. The molecule has 0 radical (unpaired) electrons. The second-order valence-corrected chi connectivity index (χ2v) is 6.78. The van der Waals surface area contributed by atoms with E-state index >= 15 is 0 Å². The first kappa shape index (κ1) is 16.7. The molecule has 3 aromatic rings. The predicted octanol–water partition coefficient (Wildman–Crippen LogP) is 2.67. The fourth-order valence-corrected chi connectivity index (χ4v) is 3.53. The first-order valence-electron chi connectivity index (χ1n) is 8.93. The Bertz CT molecular complexity index is 904. The number of rotatable bonds is 5. The average molecular weight is 350 g/mol. The van der Waals surface area contributed by atoms with Gasteiger partial charge in [0.15, 0.2) is 0 Å². The van der Waals surface area contributed by atoms with Crippen molar-refractivity contribution in [1.82, 2.24) is 14.5 Å². The Labute approximate surface area is 151 Å². The Morgan fingerprint density at radius 3 is 2.88 bits per heavy atom. The van der Waals surface area contributed by atoms with Crippen molar-refractivity contribution in [3.8, 4) is 0 Å². The molecule has 0 bridgehead atoms. The van der Waals surface area contributed by atoms with E-state index in [9.17, 15) is 4.91 Å². The lowest BCUT2D eigenvalue weighted by Gasteiger charge is -2.32. The Balaban J connectivity index is 1.70. The van der Waals surface area contributed by atoms with E-state index in [4.69, 9.17) is 10.7 Å². The number of imidazole rings is 1. The summed E-state index contributed by atoms with van der Waals surface area (Å²) in [5, 5.41) is 2.91. The van der Waals surface area contributed by atoms with Gasteiger partial charge in [0.05, 0.1) is 23.3 Å². The molecule has 7 nitrogen and oxygen atoms in total. The largest absolute Gasteiger partial charge is 0.341 e. The summed E-state index contributed by atoms with van der Waals surface area (Å²) in [6.45, 7) is 2.56. The number of nitrogens with two attached hydrogens (primary N) is 1. The van der Waals surface area contributed by atoms with Crippen LogP contribution < -0.4 is 10.6 Å². The van der Waals surface area contributed by atoms with Crippen LogP contribution in [-0.2, 0) is 13.1 Å². The number of anilines is 1. The molecule has 0 aliphatic carbocycles. The van der Waals surface area contributed by atoms with Crippen molar-refractivity contribution < 1.29 is 0 Å². The lowest BCUT2D eigenvalue weighted by Crippen LogP contribution is -2.44. The highest BCUT2D eigenvalue weighted by molar-refractivity contribution is 5.79. The van der Waals surface area contributed by atoms with Crippen LogP contribution in [0.2, 0.25) is 0 Å². The average Bonchev–Trinajstić information content (AvgIpc) is 3.02. The highest BCUT2D eigenvalue weighted by Crippen LogP contribution is 2.26. The number of nitrogens with zero attached hydrogens (tertiary/aromatic N) is 5. The minimum Gasteiger partial charge on any atom is -0.341 e. The minimum absolute atomic E-state index is 0.151. The zero-order valence-corrected chi connectivity index (χ0v) is 14.6. The van der Waals surface area contributed by atoms with Crippen molar-refractivity contribution in [2.75, 3.05) is 18.0 Å². The van der Waals surface area contributed by atoms with Gasteiger partial charge >= 0.3 is 0 Å². The van der Waals surface area contributed by atoms with Gasteiger partial charge in [-0.15, -0.1) is 0 Å². The van der Waals surface area contributed by atoms with E-state index in [-0.39, 0.29) is 12.6 Å². The predicted molar refractivity (Wildman–Crippen MR) is 102 cm³/mol. The van der Waals surface area contributed by atoms with Crippen LogP contribution in [-0.4, -0.2) is 33.7 Å². The van der Waals surface area contributed by atoms with E-state index in [1.807, 2.05) is 30.3 Å². The van der Waals surface area contributed by atoms with Crippen molar-refractivity contribution >= 4 is 17.0 Å². The molecule has 3 heterocycles. The molecule has 1 aromatic carbocycles. The number of para-hydroxylation sites is 2. The second kappa shape index (κ2) is 7.21. The molecule has 134 valence electrons. The maximum absolute atomic E-state index is 10.4. The van der Waals surface area contributed by atoms with Gasteiger partial charge in [0, 0.05) is 25.3 Å². The normalized spacial score (nSPS) is 17.6. The van der Waals surface area contributed by atoms with Crippen LogP contribution in [0.5, 0.6) is 0 Å². The maximum Gasteiger partial charge on any atom is 0.206 e. The number of hydrogen-bond acceptors (Lipinski definition) is 6. The van der Waals surface area contributed by atoms with Crippen LogP contribution in [0.3, 0.4) is 0 Å². The van der Waals surface area contributed by atoms with E-state index < -0.39 is 0 Å². The van der Waals surface area contributed by atoms with E-state index in [0.29, 0.717) is 6.54 Å². The summed E-state index contributed by atoms with van der Waals surface area (Å²) < 4.78 is 2.20. The van der Waals surface area contributed by atoms with Crippen LogP contribution in [0.4, 0.5) is 5.95 Å². The Morgan fingerprint density at radius 1 is 1.23 bits per heavy atom. The summed E-state index contributed by atoms with van der Waals surface area (Å²) in [5.41, 5.74) is 9.98. The Hall–Kier alpha value is -2.80. The molecule has 0 amide bonds. The SMILES string of the molecule is N[C@H]1CCCN(c2nc3ccccc3n2Cc2ccc(CN=O)cn2)C1. The molecular formula is C19H22N6O. The highest BCUT2D eigenvalue weighted by Gasteiger charge is 2.22. The lowest BCUT2D eigenvalue weighted by atomic mass is 10.1. The Morgan fingerprint density at radius 2 is 2.12 bits per heavy atom. The van der Waals surface area contributed by atoms with Gasteiger partial charge in [-0.05, 0) is 36.6 Å². The van der Waals surface area contributed by atoms with Gasteiger partial charge in [-0.1, -0.05) is 23.4 Å². The molecule has 2 aromatic heterocycles. The van der Waals surface area contributed by atoms with Gasteiger partial charge in [-0.3, -0.25) is 4.98 Å². The van der Waals surface area contributed by atoms with E-state index in [0.717, 1.165) is 54.2 Å². The van der Waals surface area contributed by atoms with E-state index in [1.54, 1.807) is 6.20 Å². The van der Waals surface area contributed by atoms with Crippen LogP contribution in [0, 0.1) is 4.91 Å². The number of benzene rings is 1. The van der Waals surface area contributed by atoms with Gasteiger partial charge in [0.25, 0.3) is 0 Å². The third kappa shape index (κ3) is 3.30. The van der Waals surface area contributed by atoms with Gasteiger partial charge in [-0.2, -0.15) is 4.91 Å². The summed E-state index contributed by atoms with van der Waals surface area (Å²) in [5.74, 6) is 0.946. The molecule has 1 aliphatic heterocycles. The van der Waals surface area contributed by atoms with Crippen LogP contribution in [0.25, 0.3) is 11.0 Å². The quantitative estimate of drug-likeness (QED) is 0.715. The molecule has 1 aliphatic rings. The smallest absolute Gasteiger partial charge is 0.206 e. The van der Waals surface area contributed by atoms with Crippen molar-refractivity contribution in [2.24, 2.45) is 10.9 Å². The van der Waals surface area contributed by atoms with Crippen molar-refractivity contribution in [1.29, 1.82) is 0 Å². The molecule has 7 heteroatoms. The van der Waals surface area contributed by atoms with Crippen molar-refractivity contribution in [3.05, 3.63) is 58.8 Å². The van der Waals surface area contributed by atoms with Gasteiger partial charge < -0.3 is 15.2 Å². The zero-order valence-electron chi connectivity index (χ0n) is 14.6. The molecule has 0 unspecified atom stereocenters. The van der Waals surface area contributed by atoms with Gasteiger partial charge in [0.2, 0.25) is 5.95 Å². The summed E-state index contributed by atoms with van der Waals surface area (Å²) in [6.07, 6.45) is 3.85. The zero-order chi connectivity index (χ0) is 17.9. The first-order chi connectivity index (χ1) is 12.7. The maximum atomic E-state index is 10.4. The number of piperidine rings is 1. The molecule has 1 fully saturated rings. The van der Waals surface area contributed by atoms with E-state index in [1.165, 1.54) is 0 Å². The van der Waals surface area contributed by atoms with Gasteiger partial charge in [-0.25, -0.2) is 4.98 Å². The molecule has 0 saturated carbocycles. The first-order valence-corrected chi connectivity index (χ1v) is 8.93. The lowest BCUT2D eigenvalue weighted by molar-refractivity contribution is 0.495. The van der Waals surface area contributed by atoms with Gasteiger partial charge in [0.1, 0.15) is 6.54 Å². The summed E-state index contributed by atoms with van der Waals surface area (Å²) in [4.78, 5) is 22.0. The molecule has 26 heavy (non-hydrogen) atoms. The Kier molecular flexibility index (Phi) is 4.62. The number of hydrogen-bond donors (Lipinski definition) is 1. The van der Waals surface area contributed by atoms with Crippen LogP contribution >= 0.6 is 0 Å². The summed E-state index contributed by atoms with van der Waals surface area (Å²) >= 11 is 0. The third-order valence-corrected chi connectivity index (χ3v) is 4.83. The fourth-order valence-electron chi connectivity index (χ4n) is 3.53. The molecule has 2 N–H and O–H groups in total. The number of pyridine rings is 1. The molecule has 0 spiro atoms. The summed E-state index contributed by atoms with van der Waals surface area (Å²) in [6, 6.07) is 12.2. The van der Waals surface area contributed by atoms with Crippen molar-refractivity contribution in [2.45, 2.75) is 32.0 Å². The molecule has 1 saturated heterocycles. The second-order valence-electron chi connectivity index (χ2n) is 6.78. The highest BCUT2D eigenvalue weighted by atomic mass is 16.3. The standard InChI is InChI=1S/C19H22N6O/c20-15-4-3-9-24(12-15)19-23-17-5-1-2-6-18(17)25(19)13-16-8-7-14(10-21-16)11-22-26/h1-2,5-8,10,15H,3-4,9,11-13,20H2/t15-/m0/s1. The van der Waals surface area contributed by atoms with Crippen LogP contribution in [0.15, 0.2) is 47.8 Å². The minimum atomic E-state index is 0.151. The monoisotopic (exact) mass is 350 g/mol. The molecule has 4 rings (SSSR count). The van der Waals surface area contributed by atoms with Crippen molar-refractivity contribution in [3.63, 3.8) is 0 Å². The number of aromatic nitrogens is 3. The van der Waals surface area contributed by atoms with Crippen LogP contribution in [0.1, 0.15) is 24.1 Å². The van der Waals surface area contributed by atoms with E-state index in [2.05, 4.69) is 25.7 Å². The number of nitroso groups, excluding NO2 is 1.